The van der Waals surface area contributed by atoms with Gasteiger partial charge < -0.3 is 19.1 Å². The minimum absolute atomic E-state index is 0.00563. The molecule has 5 nitrogen and oxygen atoms in total. The van der Waals surface area contributed by atoms with Gasteiger partial charge in [-0.25, -0.2) is 0 Å². The van der Waals surface area contributed by atoms with E-state index in [4.69, 9.17) is 9.47 Å². The second-order valence-electron chi connectivity index (χ2n) is 7.09. The molecule has 8 heteroatoms. The smallest absolute Gasteiger partial charge is 0.496 e. The van der Waals surface area contributed by atoms with E-state index in [0.717, 1.165) is 5.56 Å². The van der Waals surface area contributed by atoms with Crippen LogP contribution in [0.2, 0.25) is 0 Å². The molecule has 1 heterocycles. The molecule has 0 aromatic heterocycles. The fraction of sp³-hybridized carbons (Fsp3) is 0.409. The zero-order chi connectivity index (χ0) is 21.9. The van der Waals surface area contributed by atoms with Gasteiger partial charge in [0.05, 0.1) is 25.8 Å². The number of rotatable bonds is 7. The number of amides is 1. The Bertz CT molecular complexity index is 861. The quantitative estimate of drug-likeness (QED) is 0.622. The van der Waals surface area contributed by atoms with Gasteiger partial charge in [0.1, 0.15) is 17.2 Å². The Morgan fingerprint density at radius 3 is 2.13 bits per heavy atom. The minimum atomic E-state index is -4.74. The first-order valence-electron chi connectivity index (χ1n) is 9.63. The van der Waals surface area contributed by atoms with Crippen LogP contribution in [0.1, 0.15) is 36.9 Å². The zero-order valence-corrected chi connectivity index (χ0v) is 17.0. The van der Waals surface area contributed by atoms with E-state index in [9.17, 15) is 18.0 Å². The van der Waals surface area contributed by atoms with Gasteiger partial charge in [0, 0.05) is 12.5 Å². The van der Waals surface area contributed by atoms with Crippen LogP contribution >= 0.6 is 0 Å². The van der Waals surface area contributed by atoms with Crippen molar-refractivity contribution >= 4 is 5.91 Å². The van der Waals surface area contributed by atoms with Crippen molar-refractivity contribution in [2.24, 2.45) is 5.92 Å². The number of nitrogens with zero attached hydrogens (tertiary/aromatic N) is 1. The maximum absolute atomic E-state index is 13.0. The molecule has 0 saturated carbocycles. The van der Waals surface area contributed by atoms with Crippen LogP contribution in [0.15, 0.2) is 42.5 Å². The molecular weight excluding hydrogens is 399 g/mol. The Kier molecular flexibility index (Phi) is 6.43. The van der Waals surface area contributed by atoms with Crippen LogP contribution in [0.25, 0.3) is 0 Å². The summed E-state index contributed by atoms with van der Waals surface area (Å²) in [5, 5.41) is 0. The molecule has 0 radical (unpaired) electrons. The Balaban J connectivity index is 1.91. The van der Waals surface area contributed by atoms with Crippen molar-refractivity contribution in [3.63, 3.8) is 0 Å². The highest BCUT2D eigenvalue weighted by molar-refractivity contribution is 5.82. The lowest BCUT2D eigenvalue weighted by Crippen LogP contribution is -2.29. The highest BCUT2D eigenvalue weighted by Gasteiger charge is 2.41. The number of halogens is 3. The first-order valence-corrected chi connectivity index (χ1v) is 9.63. The standard InChI is InChI=1S/C22H24F3NO4/c1-4-15-12-17(20-18(28-2)6-5-7-19(20)29-3)26(21(15)27)13-14-8-10-16(11-9-14)30-22(23,24)25/h5-11,15,17H,4,12-13H2,1-3H3/t15-,17-/m0/s1. The van der Waals surface area contributed by atoms with E-state index >= 15 is 0 Å². The fourth-order valence-electron chi connectivity index (χ4n) is 3.89. The number of carbonyl (C=O) groups is 1. The molecule has 0 unspecified atom stereocenters. The summed E-state index contributed by atoms with van der Waals surface area (Å²) >= 11 is 0. The van der Waals surface area contributed by atoms with E-state index in [-0.39, 0.29) is 30.2 Å². The Hall–Kier alpha value is -2.90. The Morgan fingerprint density at radius 2 is 1.63 bits per heavy atom. The summed E-state index contributed by atoms with van der Waals surface area (Å²) in [6.45, 7) is 2.22. The van der Waals surface area contributed by atoms with Gasteiger partial charge in [0.15, 0.2) is 0 Å². The van der Waals surface area contributed by atoms with Crippen molar-refractivity contribution in [2.45, 2.75) is 38.7 Å². The second-order valence-corrected chi connectivity index (χ2v) is 7.09. The summed E-state index contributed by atoms with van der Waals surface area (Å²) < 4.78 is 52.1. The molecule has 2 aromatic carbocycles. The predicted octanol–water partition coefficient (Wildman–Crippen LogP) is 5.10. The van der Waals surface area contributed by atoms with Crippen LogP contribution in [0, 0.1) is 5.92 Å². The molecule has 3 rings (SSSR count). The summed E-state index contributed by atoms with van der Waals surface area (Å²) in [6.07, 6.45) is -3.44. The lowest BCUT2D eigenvalue weighted by Gasteiger charge is -2.28. The average molecular weight is 423 g/mol. The first kappa shape index (κ1) is 21.8. The highest BCUT2D eigenvalue weighted by Crippen LogP contribution is 2.46. The van der Waals surface area contributed by atoms with E-state index < -0.39 is 6.36 Å². The molecule has 1 fully saturated rings. The third kappa shape index (κ3) is 4.63. The van der Waals surface area contributed by atoms with Crippen LogP contribution in [0.4, 0.5) is 13.2 Å². The number of hydrogen-bond donors (Lipinski definition) is 0. The summed E-state index contributed by atoms with van der Waals surface area (Å²) in [5.41, 5.74) is 1.50. The summed E-state index contributed by atoms with van der Waals surface area (Å²) in [6, 6.07) is 10.8. The normalized spacial score (nSPS) is 19.1. The van der Waals surface area contributed by atoms with Crippen LogP contribution in [-0.4, -0.2) is 31.4 Å². The Labute approximate surface area is 173 Å². The van der Waals surface area contributed by atoms with Gasteiger partial charge in [-0.3, -0.25) is 4.79 Å². The highest BCUT2D eigenvalue weighted by atomic mass is 19.4. The maximum Gasteiger partial charge on any atom is 0.573 e. The lowest BCUT2D eigenvalue weighted by atomic mass is 9.96. The van der Waals surface area contributed by atoms with Crippen LogP contribution in [-0.2, 0) is 11.3 Å². The molecule has 162 valence electrons. The van der Waals surface area contributed by atoms with Crippen molar-refractivity contribution in [2.75, 3.05) is 14.2 Å². The van der Waals surface area contributed by atoms with Crippen LogP contribution in [0.5, 0.6) is 17.2 Å². The summed E-state index contributed by atoms with van der Waals surface area (Å²) in [4.78, 5) is 14.8. The van der Waals surface area contributed by atoms with E-state index in [1.54, 1.807) is 19.1 Å². The Morgan fingerprint density at radius 1 is 1.03 bits per heavy atom. The lowest BCUT2D eigenvalue weighted by molar-refractivity contribution is -0.274. The van der Waals surface area contributed by atoms with Crippen molar-refractivity contribution in [1.29, 1.82) is 0 Å². The molecular formula is C22H24F3NO4. The van der Waals surface area contributed by atoms with Gasteiger partial charge in [0.2, 0.25) is 5.91 Å². The monoisotopic (exact) mass is 423 g/mol. The largest absolute Gasteiger partial charge is 0.573 e. The minimum Gasteiger partial charge on any atom is -0.496 e. The fourth-order valence-corrected chi connectivity index (χ4v) is 3.89. The number of methoxy groups -OCH3 is 2. The van der Waals surface area contributed by atoms with Gasteiger partial charge in [-0.15, -0.1) is 13.2 Å². The average Bonchev–Trinajstić information content (AvgIpc) is 3.02. The molecule has 1 aliphatic rings. The first-order chi connectivity index (χ1) is 14.3. The van der Waals surface area contributed by atoms with Gasteiger partial charge >= 0.3 is 6.36 Å². The molecule has 1 saturated heterocycles. The van der Waals surface area contributed by atoms with Crippen molar-refractivity contribution in [3.05, 3.63) is 53.6 Å². The van der Waals surface area contributed by atoms with Crippen LogP contribution < -0.4 is 14.2 Å². The maximum atomic E-state index is 13.0. The van der Waals surface area contributed by atoms with E-state index in [0.29, 0.717) is 29.9 Å². The van der Waals surface area contributed by atoms with Crippen LogP contribution in [0.3, 0.4) is 0 Å². The summed E-state index contributed by atoms with van der Waals surface area (Å²) in [7, 11) is 3.13. The van der Waals surface area contributed by atoms with Crippen molar-refractivity contribution in [1.82, 2.24) is 4.90 Å². The van der Waals surface area contributed by atoms with Gasteiger partial charge in [-0.05, 0) is 42.7 Å². The van der Waals surface area contributed by atoms with Gasteiger partial charge in [-0.2, -0.15) is 0 Å². The second kappa shape index (κ2) is 8.85. The van der Waals surface area contributed by atoms with Gasteiger partial charge in [-0.1, -0.05) is 25.1 Å². The topological polar surface area (TPSA) is 48.0 Å². The number of likely N-dealkylation sites (tertiary alicyclic amines) is 1. The number of hydrogen-bond acceptors (Lipinski definition) is 4. The molecule has 2 aromatic rings. The number of alkyl halides is 3. The van der Waals surface area contributed by atoms with E-state index in [2.05, 4.69) is 4.74 Å². The summed E-state index contributed by atoms with van der Waals surface area (Å²) in [5.74, 6) is 0.822. The molecule has 0 spiro atoms. The SMILES string of the molecule is CC[C@H]1C[C@@H](c2c(OC)cccc2OC)N(Cc2ccc(OC(F)(F)F)cc2)C1=O. The molecule has 30 heavy (non-hydrogen) atoms. The van der Waals surface area contributed by atoms with Gasteiger partial charge in [0.25, 0.3) is 0 Å². The number of carbonyl (C=O) groups excluding carboxylic acids is 1. The van der Waals surface area contributed by atoms with E-state index in [1.165, 1.54) is 24.3 Å². The predicted molar refractivity (Wildman–Crippen MR) is 104 cm³/mol. The third-order valence-corrected chi connectivity index (χ3v) is 5.32. The molecule has 1 amide bonds. The molecule has 0 N–H and O–H groups in total. The van der Waals surface area contributed by atoms with E-state index in [1.807, 2.05) is 25.1 Å². The third-order valence-electron chi connectivity index (χ3n) is 5.32. The molecule has 1 aliphatic heterocycles. The number of benzene rings is 2. The van der Waals surface area contributed by atoms with Crippen molar-refractivity contribution < 1.29 is 32.2 Å². The van der Waals surface area contributed by atoms with Crippen molar-refractivity contribution in [3.8, 4) is 17.2 Å². The number of ether oxygens (including phenoxy) is 3. The molecule has 2 atom stereocenters. The molecule has 0 bridgehead atoms. The zero-order valence-electron chi connectivity index (χ0n) is 17.0. The molecule has 0 aliphatic carbocycles.